The number of carbonyl (C=O) groups excluding carboxylic acids is 1. The van der Waals surface area contributed by atoms with Gasteiger partial charge in [0.25, 0.3) is 5.91 Å². The van der Waals surface area contributed by atoms with E-state index in [2.05, 4.69) is 17.6 Å². The molecule has 0 radical (unpaired) electrons. The molecule has 144 valence electrons. The molecule has 1 saturated carbocycles. The van der Waals surface area contributed by atoms with Crippen LogP contribution in [0.4, 0.5) is 5.69 Å². The zero-order valence-electron chi connectivity index (χ0n) is 16.0. The molecule has 1 aliphatic rings. The number of benzene rings is 2. The quantitative estimate of drug-likeness (QED) is 0.514. The van der Waals surface area contributed by atoms with Crippen molar-refractivity contribution in [1.82, 2.24) is 5.32 Å². The van der Waals surface area contributed by atoms with Crippen LogP contribution in [0.15, 0.2) is 76.2 Å². The molecule has 5 heteroatoms. The van der Waals surface area contributed by atoms with Crippen LogP contribution < -0.4 is 10.6 Å². The summed E-state index contributed by atoms with van der Waals surface area (Å²) in [5.74, 6) is 0.163. The first-order valence-corrected chi connectivity index (χ1v) is 10.5. The number of carbonyl (C=O) groups is 1. The third kappa shape index (κ3) is 5.40. The van der Waals surface area contributed by atoms with Gasteiger partial charge in [0.1, 0.15) is 11.6 Å². The maximum Gasteiger partial charge on any atom is 0.267 e. The van der Waals surface area contributed by atoms with Crippen LogP contribution in [0.1, 0.15) is 32.6 Å². The maximum absolute atomic E-state index is 12.7. The van der Waals surface area contributed by atoms with Crippen LogP contribution in [0.3, 0.4) is 0 Å². The van der Waals surface area contributed by atoms with E-state index >= 15 is 0 Å². The van der Waals surface area contributed by atoms with Gasteiger partial charge in [-0.05, 0) is 43.0 Å². The molecule has 1 amide bonds. The molecular weight excluding hydrogens is 366 g/mol. The maximum atomic E-state index is 12.7. The number of nitrogens with zero attached hydrogens (tertiary/aromatic N) is 1. The molecule has 0 aromatic heterocycles. The summed E-state index contributed by atoms with van der Waals surface area (Å²) >= 11 is 1.58. The van der Waals surface area contributed by atoms with E-state index in [1.165, 1.54) is 19.3 Å². The fourth-order valence-electron chi connectivity index (χ4n) is 3.37. The number of anilines is 1. The van der Waals surface area contributed by atoms with Gasteiger partial charge >= 0.3 is 0 Å². The molecule has 2 unspecified atom stereocenters. The van der Waals surface area contributed by atoms with E-state index in [0.717, 1.165) is 16.2 Å². The minimum atomic E-state index is -0.389. The topological polar surface area (TPSA) is 64.9 Å². The van der Waals surface area contributed by atoms with Crippen LogP contribution in [-0.4, -0.2) is 11.9 Å². The first-order valence-electron chi connectivity index (χ1n) is 9.67. The minimum Gasteiger partial charge on any atom is -0.387 e. The number of rotatable bonds is 6. The summed E-state index contributed by atoms with van der Waals surface area (Å²) in [6.45, 7) is 2.22. The van der Waals surface area contributed by atoms with Crippen molar-refractivity contribution >= 4 is 23.4 Å². The molecule has 2 aromatic carbocycles. The molecule has 0 aliphatic heterocycles. The highest BCUT2D eigenvalue weighted by atomic mass is 32.2. The Morgan fingerprint density at radius 2 is 1.82 bits per heavy atom. The van der Waals surface area contributed by atoms with Crippen molar-refractivity contribution in [2.24, 2.45) is 5.92 Å². The van der Waals surface area contributed by atoms with E-state index in [1.54, 1.807) is 18.0 Å². The summed E-state index contributed by atoms with van der Waals surface area (Å²) in [7, 11) is 0. The fourth-order valence-corrected chi connectivity index (χ4v) is 4.29. The Kier molecular flexibility index (Phi) is 7.16. The van der Waals surface area contributed by atoms with Gasteiger partial charge in [0.05, 0.1) is 5.69 Å². The summed E-state index contributed by atoms with van der Waals surface area (Å²) in [6.07, 6.45) is 6.28. The minimum absolute atomic E-state index is 0.0947. The van der Waals surface area contributed by atoms with Crippen LogP contribution >= 0.6 is 11.8 Å². The van der Waals surface area contributed by atoms with Gasteiger partial charge in [0.2, 0.25) is 0 Å². The van der Waals surface area contributed by atoms with Crippen LogP contribution in [0.5, 0.6) is 0 Å². The van der Waals surface area contributed by atoms with Gasteiger partial charge in [-0.25, -0.2) is 0 Å². The normalized spacial score (nSPS) is 19.5. The van der Waals surface area contributed by atoms with Crippen molar-refractivity contribution in [2.75, 3.05) is 5.32 Å². The first kappa shape index (κ1) is 20.0. The molecular formula is C23H25N3OS. The molecule has 2 aromatic rings. The molecule has 2 N–H and O–H groups in total. The van der Waals surface area contributed by atoms with Gasteiger partial charge in [-0.1, -0.05) is 61.9 Å². The summed E-state index contributed by atoms with van der Waals surface area (Å²) in [6, 6.07) is 20.0. The highest BCUT2D eigenvalue weighted by Crippen LogP contribution is 2.33. The lowest BCUT2D eigenvalue weighted by molar-refractivity contribution is -0.112. The monoisotopic (exact) mass is 391 g/mol. The van der Waals surface area contributed by atoms with E-state index < -0.39 is 0 Å². The largest absolute Gasteiger partial charge is 0.387 e. The zero-order valence-corrected chi connectivity index (χ0v) is 16.8. The fraction of sp³-hybridized carbons (Fsp3) is 0.304. The Bertz CT molecular complexity index is 873. The third-order valence-electron chi connectivity index (χ3n) is 5.02. The molecule has 28 heavy (non-hydrogen) atoms. The number of nitrogens with one attached hydrogen (secondary N) is 2. The summed E-state index contributed by atoms with van der Waals surface area (Å²) in [4.78, 5) is 14.7. The lowest BCUT2D eigenvalue weighted by Gasteiger charge is -2.29. The van der Waals surface area contributed by atoms with E-state index in [9.17, 15) is 10.1 Å². The van der Waals surface area contributed by atoms with Gasteiger partial charge in [0.15, 0.2) is 0 Å². The van der Waals surface area contributed by atoms with Crippen LogP contribution in [0.2, 0.25) is 0 Å². The van der Waals surface area contributed by atoms with Crippen molar-refractivity contribution in [3.63, 3.8) is 0 Å². The lowest BCUT2D eigenvalue weighted by atomic mass is 9.86. The summed E-state index contributed by atoms with van der Waals surface area (Å²) in [5.41, 5.74) is 0.797. The van der Waals surface area contributed by atoms with Gasteiger partial charge < -0.3 is 10.6 Å². The lowest BCUT2D eigenvalue weighted by Crippen LogP contribution is -2.34. The van der Waals surface area contributed by atoms with Crippen molar-refractivity contribution in [2.45, 2.75) is 48.4 Å². The Hall–Kier alpha value is -2.71. The van der Waals surface area contributed by atoms with Crippen molar-refractivity contribution in [1.29, 1.82) is 5.26 Å². The Morgan fingerprint density at radius 1 is 1.11 bits per heavy atom. The summed E-state index contributed by atoms with van der Waals surface area (Å²) < 4.78 is 0. The highest BCUT2D eigenvalue weighted by Gasteiger charge is 2.20. The highest BCUT2D eigenvalue weighted by molar-refractivity contribution is 7.99. The second-order valence-electron chi connectivity index (χ2n) is 7.07. The van der Waals surface area contributed by atoms with Crippen molar-refractivity contribution < 1.29 is 4.79 Å². The molecule has 0 heterocycles. The average molecular weight is 392 g/mol. The van der Waals surface area contributed by atoms with Gasteiger partial charge in [-0.3, -0.25) is 4.79 Å². The van der Waals surface area contributed by atoms with Crippen LogP contribution in [0.25, 0.3) is 0 Å². The first-order chi connectivity index (χ1) is 13.7. The van der Waals surface area contributed by atoms with E-state index in [4.69, 9.17) is 0 Å². The van der Waals surface area contributed by atoms with Crippen molar-refractivity contribution in [3.8, 4) is 6.07 Å². The standard InChI is InChI=1S/C23H25N3OS/c1-17-9-5-6-12-20(17)25-16-18(15-24)23(27)26-21-13-7-8-14-22(21)28-19-10-3-2-4-11-19/h2-4,7-8,10-11,13-14,16-17,20,25H,5-6,9,12H2,1H3,(H,26,27)/b18-16-. The van der Waals surface area contributed by atoms with Crippen LogP contribution in [0, 0.1) is 17.2 Å². The Morgan fingerprint density at radius 3 is 2.57 bits per heavy atom. The average Bonchev–Trinajstić information content (AvgIpc) is 2.72. The predicted molar refractivity (Wildman–Crippen MR) is 114 cm³/mol. The smallest absolute Gasteiger partial charge is 0.267 e. The molecule has 2 atom stereocenters. The van der Waals surface area contributed by atoms with E-state index in [0.29, 0.717) is 17.6 Å². The summed E-state index contributed by atoms with van der Waals surface area (Å²) in [5, 5.41) is 15.6. The second-order valence-corrected chi connectivity index (χ2v) is 8.19. The molecule has 1 aliphatic carbocycles. The number of para-hydroxylation sites is 1. The molecule has 4 nitrogen and oxygen atoms in total. The van der Waals surface area contributed by atoms with Gasteiger partial charge in [0, 0.05) is 22.0 Å². The number of hydrogen-bond donors (Lipinski definition) is 2. The molecule has 0 bridgehead atoms. The molecule has 0 spiro atoms. The Labute approximate surface area is 171 Å². The number of amides is 1. The number of hydrogen-bond acceptors (Lipinski definition) is 4. The molecule has 1 fully saturated rings. The predicted octanol–water partition coefficient (Wildman–Crippen LogP) is 5.35. The number of nitriles is 1. The molecule has 0 saturated heterocycles. The SMILES string of the molecule is CC1CCCCC1N/C=C(/C#N)C(=O)Nc1ccccc1Sc1ccccc1. The van der Waals surface area contributed by atoms with Gasteiger partial charge in [-0.15, -0.1) is 0 Å². The third-order valence-corrected chi connectivity index (χ3v) is 6.11. The zero-order chi connectivity index (χ0) is 19.8. The van der Waals surface area contributed by atoms with Crippen LogP contribution in [-0.2, 0) is 4.79 Å². The molecule has 3 rings (SSSR count). The van der Waals surface area contributed by atoms with Gasteiger partial charge in [-0.2, -0.15) is 5.26 Å². The van der Waals surface area contributed by atoms with Crippen molar-refractivity contribution in [3.05, 3.63) is 66.4 Å². The second kappa shape index (κ2) is 10.0. The van der Waals surface area contributed by atoms with E-state index in [1.807, 2.05) is 60.7 Å². The van der Waals surface area contributed by atoms with E-state index in [-0.39, 0.29) is 11.5 Å². The Balaban J connectivity index is 1.69.